The SMILES string of the molecule is O=C(O)C=Cc1cc(Br)ccc1OCc1ccc([N+](=O)[O-])cc1. The molecule has 0 bridgehead atoms. The first-order chi connectivity index (χ1) is 11.0. The van der Waals surface area contributed by atoms with Gasteiger partial charge in [0, 0.05) is 28.2 Å². The largest absolute Gasteiger partial charge is 0.488 e. The van der Waals surface area contributed by atoms with E-state index in [1.807, 2.05) is 0 Å². The van der Waals surface area contributed by atoms with Crippen molar-refractivity contribution in [2.75, 3.05) is 0 Å². The molecule has 0 fully saturated rings. The highest BCUT2D eigenvalue weighted by molar-refractivity contribution is 9.10. The van der Waals surface area contributed by atoms with E-state index in [1.165, 1.54) is 18.2 Å². The first kappa shape index (κ1) is 16.7. The van der Waals surface area contributed by atoms with Crippen molar-refractivity contribution in [1.29, 1.82) is 0 Å². The van der Waals surface area contributed by atoms with Gasteiger partial charge in [-0.2, -0.15) is 0 Å². The molecule has 0 spiro atoms. The van der Waals surface area contributed by atoms with Crippen LogP contribution in [0.25, 0.3) is 6.08 Å². The lowest BCUT2D eigenvalue weighted by Crippen LogP contribution is -1.98. The van der Waals surface area contributed by atoms with E-state index in [1.54, 1.807) is 30.3 Å². The average Bonchev–Trinajstić information content (AvgIpc) is 2.52. The standard InChI is InChI=1S/C16H12BrNO5/c17-13-4-7-15(12(9-13)3-8-16(19)20)23-10-11-1-5-14(6-2-11)18(21)22/h1-9H,10H2,(H,19,20). The number of non-ortho nitro benzene ring substituents is 1. The van der Waals surface area contributed by atoms with Crippen LogP contribution in [0.1, 0.15) is 11.1 Å². The number of carbonyl (C=O) groups is 1. The molecule has 0 aliphatic heterocycles. The third-order valence-corrected chi connectivity index (χ3v) is 3.41. The summed E-state index contributed by atoms with van der Waals surface area (Å²) in [5.41, 5.74) is 1.40. The van der Waals surface area contributed by atoms with Crippen LogP contribution in [-0.2, 0) is 11.4 Å². The van der Waals surface area contributed by atoms with Crippen LogP contribution in [0.3, 0.4) is 0 Å². The van der Waals surface area contributed by atoms with Crippen molar-refractivity contribution in [2.45, 2.75) is 6.61 Å². The Morgan fingerprint density at radius 2 is 1.96 bits per heavy atom. The summed E-state index contributed by atoms with van der Waals surface area (Å²) in [5, 5.41) is 19.3. The molecule has 7 heteroatoms. The number of ether oxygens (including phenoxy) is 1. The number of halogens is 1. The first-order valence-electron chi connectivity index (χ1n) is 6.52. The van der Waals surface area contributed by atoms with Gasteiger partial charge >= 0.3 is 5.97 Å². The van der Waals surface area contributed by atoms with Crippen LogP contribution in [-0.4, -0.2) is 16.0 Å². The minimum atomic E-state index is -1.05. The Hall–Kier alpha value is -2.67. The highest BCUT2D eigenvalue weighted by atomic mass is 79.9. The number of aliphatic carboxylic acids is 1. The van der Waals surface area contributed by atoms with Crippen molar-refractivity contribution >= 4 is 33.7 Å². The van der Waals surface area contributed by atoms with Gasteiger partial charge in [-0.25, -0.2) is 4.79 Å². The number of hydrogen-bond donors (Lipinski definition) is 1. The number of carboxylic acids is 1. The van der Waals surface area contributed by atoms with Gasteiger partial charge in [-0.05, 0) is 42.0 Å². The van der Waals surface area contributed by atoms with Crippen LogP contribution >= 0.6 is 15.9 Å². The predicted molar refractivity (Wildman–Crippen MR) is 88.2 cm³/mol. The van der Waals surface area contributed by atoms with E-state index in [2.05, 4.69) is 15.9 Å². The molecule has 0 aliphatic carbocycles. The smallest absolute Gasteiger partial charge is 0.328 e. The highest BCUT2D eigenvalue weighted by Gasteiger charge is 2.06. The Balaban J connectivity index is 2.13. The zero-order valence-electron chi connectivity index (χ0n) is 11.8. The zero-order chi connectivity index (χ0) is 16.8. The third-order valence-electron chi connectivity index (χ3n) is 2.92. The Labute approximate surface area is 140 Å². The van der Waals surface area contributed by atoms with Crippen LogP contribution in [0.15, 0.2) is 53.0 Å². The Morgan fingerprint density at radius 1 is 1.26 bits per heavy atom. The van der Waals surface area contributed by atoms with Gasteiger partial charge in [-0.15, -0.1) is 0 Å². The van der Waals surface area contributed by atoms with Gasteiger partial charge in [0.1, 0.15) is 12.4 Å². The maximum absolute atomic E-state index is 10.6. The normalized spacial score (nSPS) is 10.7. The van der Waals surface area contributed by atoms with Crippen molar-refractivity contribution < 1.29 is 19.6 Å². The Morgan fingerprint density at radius 3 is 2.57 bits per heavy atom. The van der Waals surface area contributed by atoms with E-state index >= 15 is 0 Å². The number of nitro groups is 1. The Bertz CT molecular complexity index is 756. The van der Waals surface area contributed by atoms with Gasteiger partial charge in [0.15, 0.2) is 0 Å². The van der Waals surface area contributed by atoms with Gasteiger partial charge in [0.05, 0.1) is 4.92 Å². The lowest BCUT2D eigenvalue weighted by molar-refractivity contribution is -0.384. The van der Waals surface area contributed by atoms with Crippen molar-refractivity contribution in [3.63, 3.8) is 0 Å². The number of hydrogen-bond acceptors (Lipinski definition) is 4. The molecule has 23 heavy (non-hydrogen) atoms. The summed E-state index contributed by atoms with van der Waals surface area (Å²) in [4.78, 5) is 20.8. The van der Waals surface area contributed by atoms with Gasteiger partial charge in [0.25, 0.3) is 5.69 Å². The van der Waals surface area contributed by atoms with E-state index < -0.39 is 10.9 Å². The zero-order valence-corrected chi connectivity index (χ0v) is 13.4. The molecule has 0 aromatic heterocycles. The molecule has 0 amide bonds. The minimum Gasteiger partial charge on any atom is -0.488 e. The van der Waals surface area contributed by atoms with Crippen molar-refractivity contribution in [2.24, 2.45) is 0 Å². The maximum Gasteiger partial charge on any atom is 0.328 e. The molecule has 2 rings (SSSR count). The molecule has 1 N–H and O–H groups in total. The first-order valence-corrected chi connectivity index (χ1v) is 7.31. The second-order valence-corrected chi connectivity index (χ2v) is 5.48. The molecule has 0 unspecified atom stereocenters. The Kier molecular flexibility index (Phi) is 5.48. The lowest BCUT2D eigenvalue weighted by atomic mass is 10.2. The fraction of sp³-hybridized carbons (Fsp3) is 0.0625. The van der Waals surface area contributed by atoms with E-state index in [4.69, 9.17) is 9.84 Å². The summed E-state index contributed by atoms with van der Waals surface area (Å²) < 4.78 is 6.47. The fourth-order valence-electron chi connectivity index (χ4n) is 1.82. The summed E-state index contributed by atoms with van der Waals surface area (Å²) in [5.74, 6) is -0.532. The average molecular weight is 378 g/mol. The molecule has 0 radical (unpaired) electrons. The van der Waals surface area contributed by atoms with E-state index in [0.29, 0.717) is 11.3 Å². The molecule has 0 aliphatic rings. The molecule has 6 nitrogen and oxygen atoms in total. The van der Waals surface area contributed by atoms with Crippen LogP contribution in [0, 0.1) is 10.1 Å². The molecule has 0 atom stereocenters. The van der Waals surface area contributed by atoms with Crippen molar-refractivity contribution in [3.8, 4) is 5.75 Å². The summed E-state index contributed by atoms with van der Waals surface area (Å²) in [6.45, 7) is 0.216. The van der Waals surface area contributed by atoms with E-state index in [0.717, 1.165) is 16.1 Å². The molecule has 118 valence electrons. The maximum atomic E-state index is 10.6. The van der Waals surface area contributed by atoms with Gasteiger partial charge in [0.2, 0.25) is 0 Å². The molecule has 2 aromatic carbocycles. The van der Waals surface area contributed by atoms with Gasteiger partial charge in [-0.3, -0.25) is 10.1 Å². The molecule has 0 saturated carbocycles. The van der Waals surface area contributed by atoms with Crippen molar-refractivity contribution in [1.82, 2.24) is 0 Å². The molecular weight excluding hydrogens is 366 g/mol. The number of nitrogens with zero attached hydrogens (tertiary/aromatic N) is 1. The molecule has 0 saturated heterocycles. The third kappa shape index (κ3) is 4.93. The monoisotopic (exact) mass is 377 g/mol. The minimum absolute atomic E-state index is 0.0162. The van der Waals surface area contributed by atoms with Crippen LogP contribution in [0.5, 0.6) is 5.75 Å². The summed E-state index contributed by atoms with van der Waals surface area (Å²) in [6.07, 6.45) is 2.47. The summed E-state index contributed by atoms with van der Waals surface area (Å²) in [6, 6.07) is 11.3. The summed E-state index contributed by atoms with van der Waals surface area (Å²) in [7, 11) is 0. The number of nitro benzene ring substituents is 1. The summed E-state index contributed by atoms with van der Waals surface area (Å²) >= 11 is 3.32. The topological polar surface area (TPSA) is 89.7 Å². The van der Waals surface area contributed by atoms with Crippen molar-refractivity contribution in [3.05, 3.63) is 74.3 Å². The lowest BCUT2D eigenvalue weighted by Gasteiger charge is -2.10. The van der Waals surface area contributed by atoms with Gasteiger partial charge in [-0.1, -0.05) is 15.9 Å². The number of carboxylic acid groups (broad SMARTS) is 1. The van der Waals surface area contributed by atoms with Gasteiger partial charge < -0.3 is 9.84 Å². The number of rotatable bonds is 6. The molecule has 0 heterocycles. The van der Waals surface area contributed by atoms with Crippen LogP contribution < -0.4 is 4.74 Å². The number of benzene rings is 2. The highest BCUT2D eigenvalue weighted by Crippen LogP contribution is 2.25. The van der Waals surface area contributed by atoms with E-state index in [-0.39, 0.29) is 12.3 Å². The molecular formula is C16H12BrNO5. The predicted octanol–water partition coefficient (Wildman–Crippen LogP) is 4.03. The quantitative estimate of drug-likeness (QED) is 0.466. The molecule has 2 aromatic rings. The van der Waals surface area contributed by atoms with Crippen LogP contribution in [0.4, 0.5) is 5.69 Å². The second kappa shape index (κ2) is 7.55. The van der Waals surface area contributed by atoms with E-state index in [9.17, 15) is 14.9 Å². The fourth-order valence-corrected chi connectivity index (χ4v) is 2.20. The second-order valence-electron chi connectivity index (χ2n) is 4.57. The van der Waals surface area contributed by atoms with Crippen LogP contribution in [0.2, 0.25) is 0 Å².